The lowest BCUT2D eigenvalue weighted by molar-refractivity contribution is 0.660. The van der Waals surface area contributed by atoms with Crippen molar-refractivity contribution in [1.82, 2.24) is 4.57 Å². The standard InChI is InChI=1S/C40H31N/c1-39(2)31-18-10-7-13-25(31)30-23-24(21-22-33(30)39)41-34-20-12-9-17-29(34)36-37-35(26-14-5-6-15-27(26)38(36)41)28-16-8-11-19-32(28)40(37,3)4/h5-23H,1-4H3. The van der Waals surface area contributed by atoms with E-state index in [1.165, 1.54) is 82.8 Å². The molecule has 0 saturated heterocycles. The van der Waals surface area contributed by atoms with Gasteiger partial charge in [0.2, 0.25) is 0 Å². The van der Waals surface area contributed by atoms with Crippen LogP contribution in [0.5, 0.6) is 0 Å². The summed E-state index contributed by atoms with van der Waals surface area (Å²) in [5, 5.41) is 5.36. The van der Waals surface area contributed by atoms with E-state index in [2.05, 4.69) is 148 Å². The molecule has 0 saturated carbocycles. The molecule has 1 heteroatoms. The van der Waals surface area contributed by atoms with Gasteiger partial charge in [-0.1, -0.05) is 125 Å². The summed E-state index contributed by atoms with van der Waals surface area (Å²) in [6, 6.07) is 43.2. The summed E-state index contributed by atoms with van der Waals surface area (Å²) >= 11 is 0. The van der Waals surface area contributed by atoms with Crippen LogP contribution >= 0.6 is 0 Å². The van der Waals surface area contributed by atoms with Crippen LogP contribution in [0.15, 0.2) is 115 Å². The van der Waals surface area contributed by atoms with Gasteiger partial charge in [-0.15, -0.1) is 0 Å². The summed E-state index contributed by atoms with van der Waals surface area (Å²) in [6.45, 7) is 9.53. The Kier molecular flexibility index (Phi) is 4.26. The minimum atomic E-state index is -0.107. The van der Waals surface area contributed by atoms with Gasteiger partial charge in [0.1, 0.15) is 0 Å². The summed E-state index contributed by atoms with van der Waals surface area (Å²) in [6.07, 6.45) is 0. The molecule has 0 spiro atoms. The molecule has 41 heavy (non-hydrogen) atoms. The summed E-state index contributed by atoms with van der Waals surface area (Å²) in [4.78, 5) is 0. The van der Waals surface area contributed by atoms with Gasteiger partial charge in [0.15, 0.2) is 0 Å². The fourth-order valence-corrected chi connectivity index (χ4v) is 8.32. The maximum absolute atomic E-state index is 2.54. The van der Waals surface area contributed by atoms with Crippen LogP contribution in [0.1, 0.15) is 49.9 Å². The van der Waals surface area contributed by atoms with Crippen LogP contribution < -0.4 is 0 Å². The second kappa shape index (κ2) is 7.56. The maximum Gasteiger partial charge on any atom is 0.0623 e. The van der Waals surface area contributed by atoms with Crippen LogP contribution in [0.4, 0.5) is 0 Å². The first kappa shape index (κ1) is 23.1. The number of nitrogens with zero attached hydrogens (tertiary/aromatic N) is 1. The predicted octanol–water partition coefficient (Wildman–Crippen LogP) is 10.5. The highest BCUT2D eigenvalue weighted by atomic mass is 15.0. The van der Waals surface area contributed by atoms with E-state index in [-0.39, 0.29) is 10.8 Å². The van der Waals surface area contributed by atoms with Crippen LogP contribution in [-0.4, -0.2) is 4.57 Å². The predicted molar refractivity (Wildman–Crippen MR) is 173 cm³/mol. The molecule has 2 aliphatic rings. The monoisotopic (exact) mass is 525 g/mol. The lowest BCUT2D eigenvalue weighted by Gasteiger charge is -2.23. The van der Waals surface area contributed by atoms with Crippen LogP contribution in [-0.2, 0) is 10.8 Å². The van der Waals surface area contributed by atoms with Crippen molar-refractivity contribution in [3.05, 3.63) is 138 Å². The second-order valence-corrected chi connectivity index (χ2v) is 12.9. The molecule has 0 radical (unpaired) electrons. The van der Waals surface area contributed by atoms with Crippen LogP contribution in [0.2, 0.25) is 0 Å². The van der Waals surface area contributed by atoms with Gasteiger partial charge in [-0.2, -0.15) is 0 Å². The van der Waals surface area contributed by atoms with Gasteiger partial charge in [-0.3, -0.25) is 0 Å². The Hall–Kier alpha value is -4.62. The SMILES string of the molecule is CC1(C)c2ccccc2-c2cc(-n3c4ccccc4c4c5c(c6ccccc6c43)-c3ccccc3C5(C)C)ccc21. The number of hydrogen-bond donors (Lipinski definition) is 0. The van der Waals surface area contributed by atoms with Crippen molar-refractivity contribution in [3.63, 3.8) is 0 Å². The van der Waals surface area contributed by atoms with E-state index in [1.54, 1.807) is 0 Å². The second-order valence-electron chi connectivity index (χ2n) is 12.9. The smallest absolute Gasteiger partial charge is 0.0623 e. The van der Waals surface area contributed by atoms with E-state index in [0.29, 0.717) is 0 Å². The molecule has 1 heterocycles. The molecule has 0 fully saturated rings. The van der Waals surface area contributed by atoms with Gasteiger partial charge >= 0.3 is 0 Å². The summed E-state index contributed by atoms with van der Waals surface area (Å²) in [5.41, 5.74) is 14.9. The van der Waals surface area contributed by atoms with Crippen molar-refractivity contribution in [1.29, 1.82) is 0 Å². The highest BCUT2D eigenvalue weighted by Crippen LogP contribution is 2.57. The molecular weight excluding hydrogens is 494 g/mol. The first-order valence-corrected chi connectivity index (χ1v) is 14.7. The van der Waals surface area contributed by atoms with Gasteiger partial charge in [-0.05, 0) is 68.1 Å². The highest BCUT2D eigenvalue weighted by Gasteiger charge is 2.40. The Labute approximate surface area is 240 Å². The van der Waals surface area contributed by atoms with Crippen molar-refractivity contribution in [2.24, 2.45) is 0 Å². The quantitative estimate of drug-likeness (QED) is 0.201. The minimum Gasteiger partial charge on any atom is -0.309 e. The van der Waals surface area contributed by atoms with Crippen LogP contribution in [0.25, 0.3) is 60.5 Å². The number of para-hydroxylation sites is 1. The summed E-state index contributed by atoms with van der Waals surface area (Å²) < 4.78 is 2.54. The molecule has 6 aromatic carbocycles. The molecule has 1 nitrogen and oxygen atoms in total. The number of aromatic nitrogens is 1. The van der Waals surface area contributed by atoms with Gasteiger partial charge in [0, 0.05) is 32.7 Å². The third-order valence-electron chi connectivity index (χ3n) is 10.1. The lowest BCUT2D eigenvalue weighted by atomic mass is 9.79. The van der Waals surface area contributed by atoms with E-state index >= 15 is 0 Å². The Morgan fingerprint density at radius 1 is 0.488 bits per heavy atom. The Morgan fingerprint density at radius 3 is 1.85 bits per heavy atom. The van der Waals surface area contributed by atoms with E-state index in [1.807, 2.05) is 0 Å². The van der Waals surface area contributed by atoms with Crippen molar-refractivity contribution >= 4 is 32.6 Å². The molecule has 0 bridgehead atoms. The molecule has 0 amide bonds. The van der Waals surface area contributed by atoms with Gasteiger partial charge < -0.3 is 4.57 Å². The summed E-state index contributed by atoms with van der Waals surface area (Å²) in [5.74, 6) is 0. The molecule has 0 aliphatic heterocycles. The number of fused-ring (bicyclic) bond motifs is 13. The first-order valence-electron chi connectivity index (χ1n) is 14.7. The normalized spacial score (nSPS) is 15.7. The molecule has 0 unspecified atom stereocenters. The summed E-state index contributed by atoms with van der Waals surface area (Å²) in [7, 11) is 0. The lowest BCUT2D eigenvalue weighted by Crippen LogP contribution is -2.15. The average molecular weight is 526 g/mol. The van der Waals surface area contributed by atoms with Crippen LogP contribution in [0.3, 0.4) is 0 Å². The van der Waals surface area contributed by atoms with E-state index < -0.39 is 0 Å². The molecular formula is C40H31N. The zero-order chi connectivity index (χ0) is 27.7. The number of hydrogen-bond acceptors (Lipinski definition) is 0. The zero-order valence-electron chi connectivity index (χ0n) is 23.9. The Balaban J connectivity index is 1.47. The number of benzene rings is 6. The third kappa shape index (κ3) is 2.72. The molecule has 1 aromatic heterocycles. The van der Waals surface area contributed by atoms with Crippen molar-refractivity contribution < 1.29 is 0 Å². The molecule has 2 aliphatic carbocycles. The highest BCUT2D eigenvalue weighted by molar-refractivity contribution is 6.25. The molecule has 0 atom stereocenters. The van der Waals surface area contributed by atoms with E-state index in [4.69, 9.17) is 0 Å². The zero-order valence-corrected chi connectivity index (χ0v) is 23.9. The van der Waals surface area contributed by atoms with Crippen molar-refractivity contribution in [3.8, 4) is 27.9 Å². The molecule has 9 rings (SSSR count). The fourth-order valence-electron chi connectivity index (χ4n) is 8.32. The minimum absolute atomic E-state index is 0.00536. The van der Waals surface area contributed by atoms with Gasteiger partial charge in [0.25, 0.3) is 0 Å². The molecule has 0 N–H and O–H groups in total. The van der Waals surface area contributed by atoms with E-state index in [0.717, 1.165) is 0 Å². The van der Waals surface area contributed by atoms with Crippen molar-refractivity contribution in [2.75, 3.05) is 0 Å². The molecule has 7 aromatic rings. The van der Waals surface area contributed by atoms with Crippen LogP contribution in [0, 0.1) is 0 Å². The largest absolute Gasteiger partial charge is 0.309 e. The van der Waals surface area contributed by atoms with Crippen molar-refractivity contribution in [2.45, 2.75) is 38.5 Å². The first-order chi connectivity index (χ1) is 19.9. The topological polar surface area (TPSA) is 4.93 Å². The van der Waals surface area contributed by atoms with Gasteiger partial charge in [0.05, 0.1) is 11.0 Å². The van der Waals surface area contributed by atoms with E-state index in [9.17, 15) is 0 Å². The maximum atomic E-state index is 2.54. The fraction of sp³-hybridized carbons (Fsp3) is 0.150. The Morgan fingerprint density at radius 2 is 1.07 bits per heavy atom. The number of rotatable bonds is 1. The Bertz CT molecular complexity index is 2260. The average Bonchev–Trinajstić information content (AvgIpc) is 3.55. The van der Waals surface area contributed by atoms with Gasteiger partial charge in [-0.25, -0.2) is 0 Å². The molecule has 196 valence electrons. The third-order valence-corrected chi connectivity index (χ3v) is 10.1.